The molecule has 0 aliphatic heterocycles. The van der Waals surface area contributed by atoms with Gasteiger partial charge in [0, 0.05) is 0 Å². The number of carbonyl (C=O) groups excluding carboxylic acids is 1. The largest absolute Gasteiger partial charge is 0.508 e. The van der Waals surface area contributed by atoms with Gasteiger partial charge >= 0.3 is 0 Å². The Balaban J connectivity index is 1.89. The summed E-state index contributed by atoms with van der Waals surface area (Å²) < 4.78 is 5.44. The number of rotatable bonds is 7. The summed E-state index contributed by atoms with van der Waals surface area (Å²) in [4.78, 5) is 11.9. The molecule has 0 aromatic heterocycles. The van der Waals surface area contributed by atoms with E-state index in [0.29, 0.717) is 12.2 Å². The molecule has 0 saturated heterocycles. The Morgan fingerprint density at radius 3 is 2.33 bits per heavy atom. The van der Waals surface area contributed by atoms with E-state index in [-0.39, 0.29) is 18.3 Å². The fourth-order valence-electron chi connectivity index (χ4n) is 2.13. The zero-order valence-corrected chi connectivity index (χ0v) is 14.0. The van der Waals surface area contributed by atoms with E-state index in [1.54, 1.807) is 24.3 Å². The molecule has 0 fully saturated rings. The average molecular weight is 326 g/mol. The highest BCUT2D eigenvalue weighted by molar-refractivity contribution is 6.01. The molecule has 5 heteroatoms. The van der Waals surface area contributed by atoms with Crippen molar-refractivity contribution in [2.45, 2.75) is 26.7 Å². The molecular weight excluding hydrogens is 304 g/mol. The maximum Gasteiger partial charge on any atom is 0.277 e. The summed E-state index contributed by atoms with van der Waals surface area (Å²) in [5.41, 5.74) is 5.31. The fourth-order valence-corrected chi connectivity index (χ4v) is 2.13. The van der Waals surface area contributed by atoms with Gasteiger partial charge < -0.3 is 9.84 Å². The van der Waals surface area contributed by atoms with Crippen molar-refractivity contribution in [3.8, 4) is 11.5 Å². The van der Waals surface area contributed by atoms with Crippen LogP contribution in [0.1, 0.15) is 31.4 Å². The molecule has 2 N–H and O–H groups in total. The molecule has 0 saturated carbocycles. The van der Waals surface area contributed by atoms with Crippen molar-refractivity contribution in [3.63, 3.8) is 0 Å². The van der Waals surface area contributed by atoms with Crippen LogP contribution in [0.25, 0.3) is 0 Å². The molecule has 0 atom stereocenters. The van der Waals surface area contributed by atoms with E-state index in [1.165, 1.54) is 5.56 Å². The highest BCUT2D eigenvalue weighted by atomic mass is 16.5. The number of carbonyl (C=O) groups is 1. The zero-order chi connectivity index (χ0) is 17.4. The van der Waals surface area contributed by atoms with Crippen molar-refractivity contribution in [2.75, 3.05) is 6.61 Å². The number of hydrazone groups is 1. The van der Waals surface area contributed by atoms with Crippen molar-refractivity contribution in [3.05, 3.63) is 59.7 Å². The van der Waals surface area contributed by atoms with E-state index in [4.69, 9.17) is 4.74 Å². The number of amides is 1. The molecule has 0 radical (unpaired) electrons. The first-order chi connectivity index (χ1) is 11.6. The minimum absolute atomic E-state index is 0.0957. The third kappa shape index (κ3) is 5.12. The highest BCUT2D eigenvalue weighted by Crippen LogP contribution is 2.13. The smallest absolute Gasteiger partial charge is 0.277 e. The van der Waals surface area contributed by atoms with Crippen molar-refractivity contribution < 1.29 is 14.6 Å². The summed E-state index contributed by atoms with van der Waals surface area (Å²) in [6.45, 7) is 3.94. The Bertz CT molecular complexity index is 692. The van der Waals surface area contributed by atoms with E-state index >= 15 is 0 Å². The van der Waals surface area contributed by atoms with E-state index < -0.39 is 0 Å². The molecule has 2 rings (SSSR count). The molecule has 0 heterocycles. The molecule has 0 spiro atoms. The van der Waals surface area contributed by atoms with Crippen molar-refractivity contribution in [1.82, 2.24) is 5.43 Å². The molecular formula is C19H22N2O3. The second-order valence-electron chi connectivity index (χ2n) is 5.28. The number of benzene rings is 2. The maximum atomic E-state index is 11.9. The molecule has 1 amide bonds. The first kappa shape index (κ1) is 17.5. The van der Waals surface area contributed by atoms with Gasteiger partial charge in [-0.25, -0.2) is 5.43 Å². The van der Waals surface area contributed by atoms with Crippen LogP contribution in [0.2, 0.25) is 0 Å². The van der Waals surface area contributed by atoms with Crippen molar-refractivity contribution in [2.24, 2.45) is 5.10 Å². The summed E-state index contributed by atoms with van der Waals surface area (Å²) in [6, 6.07) is 14.4. The Kier molecular flexibility index (Phi) is 6.37. The normalized spacial score (nSPS) is 11.2. The lowest BCUT2D eigenvalue weighted by molar-refractivity contribution is -0.123. The van der Waals surface area contributed by atoms with Crippen LogP contribution in [0.3, 0.4) is 0 Å². The molecule has 2 aromatic rings. The van der Waals surface area contributed by atoms with Gasteiger partial charge in [-0.15, -0.1) is 0 Å². The number of phenols is 1. The van der Waals surface area contributed by atoms with E-state index in [1.807, 2.05) is 31.2 Å². The fraction of sp³-hybridized carbons (Fsp3) is 0.263. The van der Waals surface area contributed by atoms with Crippen molar-refractivity contribution in [1.29, 1.82) is 0 Å². The van der Waals surface area contributed by atoms with Gasteiger partial charge in [0.2, 0.25) is 0 Å². The average Bonchev–Trinajstić information content (AvgIpc) is 2.62. The van der Waals surface area contributed by atoms with Crippen LogP contribution in [0.4, 0.5) is 0 Å². The van der Waals surface area contributed by atoms with Crippen LogP contribution in [-0.4, -0.2) is 23.3 Å². The molecule has 2 aromatic carbocycles. The predicted molar refractivity (Wildman–Crippen MR) is 94.4 cm³/mol. The van der Waals surface area contributed by atoms with Gasteiger partial charge in [0.1, 0.15) is 11.5 Å². The minimum Gasteiger partial charge on any atom is -0.508 e. The maximum absolute atomic E-state index is 11.9. The molecule has 5 nitrogen and oxygen atoms in total. The number of hydrogen-bond acceptors (Lipinski definition) is 4. The first-order valence-electron chi connectivity index (χ1n) is 7.99. The molecule has 0 unspecified atom stereocenters. The summed E-state index contributed by atoms with van der Waals surface area (Å²) in [5, 5.41) is 13.5. The number of aromatic hydroxyl groups is 1. The molecule has 24 heavy (non-hydrogen) atoms. The molecule has 0 aliphatic carbocycles. The topological polar surface area (TPSA) is 70.9 Å². The molecule has 126 valence electrons. The van der Waals surface area contributed by atoms with Gasteiger partial charge in [0.15, 0.2) is 6.61 Å². The Morgan fingerprint density at radius 1 is 1.08 bits per heavy atom. The predicted octanol–water partition coefficient (Wildman–Crippen LogP) is 3.26. The van der Waals surface area contributed by atoms with Crippen LogP contribution in [0.15, 0.2) is 53.6 Å². The second kappa shape index (κ2) is 8.72. The number of aryl methyl sites for hydroxylation is 1. The lowest BCUT2D eigenvalue weighted by Crippen LogP contribution is -2.26. The molecule has 0 aliphatic rings. The van der Waals surface area contributed by atoms with Crippen LogP contribution in [-0.2, 0) is 11.2 Å². The Hall–Kier alpha value is -2.82. The molecule has 0 bridgehead atoms. The van der Waals surface area contributed by atoms with Crippen LogP contribution < -0.4 is 10.2 Å². The summed E-state index contributed by atoms with van der Waals surface area (Å²) in [7, 11) is 0. The van der Waals surface area contributed by atoms with Crippen molar-refractivity contribution >= 4 is 11.6 Å². The van der Waals surface area contributed by atoms with Crippen LogP contribution in [0.5, 0.6) is 11.5 Å². The quantitative estimate of drug-likeness (QED) is 0.606. The Labute approximate surface area is 142 Å². The van der Waals surface area contributed by atoms with E-state index in [2.05, 4.69) is 17.5 Å². The first-order valence-corrected chi connectivity index (χ1v) is 7.99. The number of hydrogen-bond donors (Lipinski definition) is 2. The van der Waals surface area contributed by atoms with Gasteiger partial charge in [-0.1, -0.05) is 26.0 Å². The second-order valence-corrected chi connectivity index (χ2v) is 5.28. The van der Waals surface area contributed by atoms with Crippen LogP contribution >= 0.6 is 0 Å². The number of nitrogens with zero attached hydrogens (tertiary/aromatic N) is 1. The summed E-state index contributed by atoms with van der Waals surface area (Å²) >= 11 is 0. The highest BCUT2D eigenvalue weighted by Gasteiger charge is 2.05. The lowest BCUT2D eigenvalue weighted by atomic mass is 10.1. The SMILES string of the molecule is CCC(=NNC(=O)COc1ccc(CC)cc1)c1ccc(O)cc1. The van der Waals surface area contributed by atoms with E-state index in [9.17, 15) is 9.90 Å². The third-order valence-corrected chi connectivity index (χ3v) is 3.55. The number of nitrogens with one attached hydrogen (secondary N) is 1. The van der Waals surface area contributed by atoms with Crippen LogP contribution in [0, 0.1) is 0 Å². The van der Waals surface area contributed by atoms with Gasteiger partial charge in [-0.2, -0.15) is 5.10 Å². The summed E-state index contributed by atoms with van der Waals surface area (Å²) in [5.74, 6) is 0.528. The lowest BCUT2D eigenvalue weighted by Gasteiger charge is -2.07. The standard InChI is InChI=1S/C19H22N2O3/c1-3-14-5-11-17(12-6-14)24-13-19(23)21-20-18(4-2)15-7-9-16(22)10-8-15/h5-12,22H,3-4,13H2,1-2H3,(H,21,23). The number of ether oxygens (including phenoxy) is 1. The number of phenolic OH excluding ortho intramolecular Hbond substituents is 1. The zero-order valence-electron chi connectivity index (χ0n) is 14.0. The minimum atomic E-state index is -0.320. The third-order valence-electron chi connectivity index (χ3n) is 3.55. The Morgan fingerprint density at radius 2 is 1.75 bits per heavy atom. The van der Waals surface area contributed by atoms with Gasteiger partial charge in [-0.3, -0.25) is 4.79 Å². The van der Waals surface area contributed by atoms with Gasteiger partial charge in [0.25, 0.3) is 5.91 Å². The van der Waals surface area contributed by atoms with Gasteiger partial charge in [-0.05, 0) is 60.4 Å². The monoisotopic (exact) mass is 326 g/mol. The van der Waals surface area contributed by atoms with E-state index in [0.717, 1.165) is 17.7 Å². The van der Waals surface area contributed by atoms with Gasteiger partial charge in [0.05, 0.1) is 5.71 Å². The summed E-state index contributed by atoms with van der Waals surface area (Å²) in [6.07, 6.45) is 1.62.